The summed E-state index contributed by atoms with van der Waals surface area (Å²) in [6.45, 7) is 1.27. The van der Waals surface area contributed by atoms with Crippen molar-refractivity contribution in [2.45, 2.75) is 34.5 Å². The predicted octanol–water partition coefficient (Wildman–Crippen LogP) is 1.91. The molecule has 0 unspecified atom stereocenters. The van der Waals surface area contributed by atoms with Gasteiger partial charge >= 0.3 is 6.18 Å². The molecule has 0 bridgehead atoms. The fraction of sp³-hybridized carbons (Fsp3) is 0.438. The number of pyridine rings is 1. The maximum atomic E-state index is 13.1. The van der Waals surface area contributed by atoms with Gasteiger partial charge < -0.3 is 21.5 Å². The Morgan fingerprint density at radius 1 is 1.26 bits per heavy atom. The molecule has 1 fully saturated rings. The molecule has 1 aliphatic heterocycles. The number of alkyl halides is 3. The molecular formula is C16H19F3N6OS. The molecule has 27 heavy (non-hydrogen) atoms. The van der Waals surface area contributed by atoms with Crippen LogP contribution in [0.5, 0.6) is 0 Å². The number of hydrogen-bond donors (Lipinski definition) is 3. The number of nitrogens with two attached hydrogens (primary N) is 2. The number of anilines is 2. The summed E-state index contributed by atoms with van der Waals surface area (Å²) in [6.07, 6.45) is -1.03. The highest BCUT2D eigenvalue weighted by Crippen LogP contribution is 2.39. The van der Waals surface area contributed by atoms with Crippen LogP contribution in [0.3, 0.4) is 0 Å². The zero-order valence-corrected chi connectivity index (χ0v) is 15.1. The predicted molar refractivity (Wildman–Crippen MR) is 95.3 cm³/mol. The van der Waals surface area contributed by atoms with Crippen LogP contribution >= 0.6 is 11.8 Å². The molecule has 5 N–H and O–H groups in total. The number of aromatic nitrogens is 3. The third-order valence-electron chi connectivity index (χ3n) is 4.40. The van der Waals surface area contributed by atoms with E-state index < -0.39 is 17.5 Å². The molecule has 0 spiro atoms. The van der Waals surface area contributed by atoms with Crippen LogP contribution in [0.1, 0.15) is 18.5 Å². The minimum Gasteiger partial charge on any atom is -0.388 e. The van der Waals surface area contributed by atoms with Crippen molar-refractivity contribution in [1.82, 2.24) is 15.0 Å². The van der Waals surface area contributed by atoms with Crippen molar-refractivity contribution < 1.29 is 18.3 Å². The van der Waals surface area contributed by atoms with E-state index in [1.54, 1.807) is 0 Å². The number of piperidine rings is 1. The van der Waals surface area contributed by atoms with Crippen LogP contribution in [0.25, 0.3) is 0 Å². The Morgan fingerprint density at radius 3 is 2.56 bits per heavy atom. The zero-order valence-electron chi connectivity index (χ0n) is 14.3. The molecule has 0 saturated carbocycles. The van der Waals surface area contributed by atoms with E-state index in [0.29, 0.717) is 31.7 Å². The van der Waals surface area contributed by atoms with Gasteiger partial charge in [0, 0.05) is 30.7 Å². The minimum atomic E-state index is -4.57. The van der Waals surface area contributed by atoms with Gasteiger partial charge in [0.15, 0.2) is 11.5 Å². The largest absolute Gasteiger partial charge is 0.434 e. The van der Waals surface area contributed by atoms with Gasteiger partial charge in [0.05, 0.1) is 11.8 Å². The third-order valence-corrected chi connectivity index (χ3v) is 5.45. The Kier molecular flexibility index (Phi) is 5.45. The quantitative estimate of drug-likeness (QED) is 0.713. The first-order valence-electron chi connectivity index (χ1n) is 8.22. The Labute approximate surface area is 158 Å². The van der Waals surface area contributed by atoms with Crippen LogP contribution in [-0.2, 0) is 6.18 Å². The van der Waals surface area contributed by atoms with Gasteiger partial charge in [-0.3, -0.25) is 4.98 Å². The van der Waals surface area contributed by atoms with Gasteiger partial charge in [0.25, 0.3) is 0 Å². The lowest BCUT2D eigenvalue weighted by Gasteiger charge is -2.37. The summed E-state index contributed by atoms with van der Waals surface area (Å²) in [5.74, 6) is 0.548. The second kappa shape index (κ2) is 7.49. The molecule has 0 aliphatic carbocycles. The highest BCUT2D eigenvalue weighted by Gasteiger charge is 2.36. The zero-order chi connectivity index (χ0) is 19.7. The van der Waals surface area contributed by atoms with Gasteiger partial charge in [0.2, 0.25) is 0 Å². The summed E-state index contributed by atoms with van der Waals surface area (Å²) in [7, 11) is 0. The maximum Gasteiger partial charge on any atom is 0.434 e. The molecule has 2 aromatic heterocycles. The molecule has 2 aromatic rings. The van der Waals surface area contributed by atoms with Crippen molar-refractivity contribution >= 4 is 23.4 Å². The molecular weight excluding hydrogens is 381 g/mol. The fourth-order valence-electron chi connectivity index (χ4n) is 2.76. The number of nitrogens with zero attached hydrogens (tertiary/aromatic N) is 4. The van der Waals surface area contributed by atoms with Crippen LogP contribution in [0.4, 0.5) is 24.8 Å². The minimum absolute atomic E-state index is 0.0362. The number of hydrogen-bond acceptors (Lipinski definition) is 8. The molecule has 0 amide bonds. The first kappa shape index (κ1) is 19.6. The van der Waals surface area contributed by atoms with Gasteiger partial charge in [-0.2, -0.15) is 13.2 Å². The molecule has 0 aromatic carbocycles. The van der Waals surface area contributed by atoms with E-state index in [2.05, 4.69) is 15.0 Å². The first-order valence-corrected chi connectivity index (χ1v) is 9.03. The van der Waals surface area contributed by atoms with Crippen molar-refractivity contribution in [3.05, 3.63) is 30.2 Å². The van der Waals surface area contributed by atoms with Crippen LogP contribution in [0.15, 0.2) is 34.4 Å². The average Bonchev–Trinajstić information content (AvgIpc) is 2.64. The normalized spacial score (nSPS) is 17.1. The molecule has 0 radical (unpaired) electrons. The molecule has 0 atom stereocenters. The highest BCUT2D eigenvalue weighted by atomic mass is 32.2. The van der Waals surface area contributed by atoms with Crippen molar-refractivity contribution in [2.24, 2.45) is 5.73 Å². The molecule has 146 valence electrons. The van der Waals surface area contributed by atoms with Crippen molar-refractivity contribution in [2.75, 3.05) is 30.3 Å². The summed E-state index contributed by atoms with van der Waals surface area (Å²) >= 11 is 0.770. The summed E-state index contributed by atoms with van der Waals surface area (Å²) in [4.78, 5) is 13.7. The van der Waals surface area contributed by atoms with Crippen LogP contribution in [0, 0.1) is 0 Å². The summed E-state index contributed by atoms with van der Waals surface area (Å²) in [5, 5.41) is 10.4. The van der Waals surface area contributed by atoms with Crippen LogP contribution in [-0.4, -0.2) is 45.3 Å². The van der Waals surface area contributed by atoms with Gasteiger partial charge in [0.1, 0.15) is 10.8 Å². The second-order valence-electron chi connectivity index (χ2n) is 6.28. The summed E-state index contributed by atoms with van der Waals surface area (Å²) in [6, 6.07) is 2.73. The van der Waals surface area contributed by atoms with E-state index in [0.717, 1.165) is 18.0 Å². The lowest BCUT2D eigenvalue weighted by Crippen LogP contribution is -2.49. The Hall–Kier alpha value is -2.11. The molecule has 3 rings (SSSR count). The molecule has 1 aliphatic rings. The Morgan fingerprint density at radius 2 is 1.96 bits per heavy atom. The molecule has 11 heteroatoms. The fourth-order valence-corrected chi connectivity index (χ4v) is 3.64. The number of aliphatic hydroxyl groups is 1. The Balaban J connectivity index is 1.77. The number of halogens is 3. The van der Waals surface area contributed by atoms with Gasteiger partial charge in [-0.05, 0) is 25.0 Å². The van der Waals surface area contributed by atoms with E-state index in [4.69, 9.17) is 11.5 Å². The van der Waals surface area contributed by atoms with E-state index in [-0.39, 0.29) is 22.3 Å². The van der Waals surface area contributed by atoms with Crippen LogP contribution in [0.2, 0.25) is 0 Å². The standard InChI is InChI=1S/C16H19F3N6OS/c17-16(18,19)12-10(2-1-5-22-12)27-14-13(21)24-11(8-23-14)25-6-3-15(26,9-20)4-7-25/h1-2,5,8,26H,3-4,6-7,9,20H2,(H2,21,24). The number of nitrogen functional groups attached to an aromatic ring is 1. The van der Waals surface area contributed by atoms with Gasteiger partial charge in [-0.15, -0.1) is 0 Å². The molecule has 3 heterocycles. The van der Waals surface area contributed by atoms with E-state index in [9.17, 15) is 18.3 Å². The molecule has 1 saturated heterocycles. The van der Waals surface area contributed by atoms with Crippen molar-refractivity contribution in [3.8, 4) is 0 Å². The highest BCUT2D eigenvalue weighted by molar-refractivity contribution is 7.99. The van der Waals surface area contributed by atoms with Crippen molar-refractivity contribution in [1.29, 1.82) is 0 Å². The van der Waals surface area contributed by atoms with Gasteiger partial charge in [-0.25, -0.2) is 9.97 Å². The molecule has 7 nitrogen and oxygen atoms in total. The lowest BCUT2D eigenvalue weighted by molar-refractivity contribution is -0.143. The SMILES string of the molecule is NCC1(O)CCN(c2cnc(Sc3cccnc3C(F)(F)F)c(N)n2)CC1. The van der Waals surface area contributed by atoms with E-state index in [1.165, 1.54) is 18.3 Å². The summed E-state index contributed by atoms with van der Waals surface area (Å²) < 4.78 is 39.2. The third kappa shape index (κ3) is 4.42. The Bertz CT molecular complexity index is 811. The van der Waals surface area contributed by atoms with Gasteiger partial charge in [-0.1, -0.05) is 11.8 Å². The topological polar surface area (TPSA) is 114 Å². The smallest absolute Gasteiger partial charge is 0.388 e. The monoisotopic (exact) mass is 400 g/mol. The number of rotatable bonds is 4. The van der Waals surface area contributed by atoms with Crippen molar-refractivity contribution in [3.63, 3.8) is 0 Å². The maximum absolute atomic E-state index is 13.1. The summed E-state index contributed by atoms with van der Waals surface area (Å²) in [5.41, 5.74) is 9.64. The van der Waals surface area contributed by atoms with Crippen LogP contribution < -0.4 is 16.4 Å². The average molecular weight is 400 g/mol. The van der Waals surface area contributed by atoms with E-state index >= 15 is 0 Å². The lowest BCUT2D eigenvalue weighted by atomic mass is 9.92. The van der Waals surface area contributed by atoms with E-state index in [1.807, 2.05) is 4.90 Å². The second-order valence-corrected chi connectivity index (χ2v) is 7.31. The first-order chi connectivity index (χ1) is 12.7.